The van der Waals surface area contributed by atoms with Crippen LogP contribution in [0.15, 0.2) is 53.7 Å². The molecule has 1 aliphatic heterocycles. The first-order valence-electron chi connectivity index (χ1n) is 10.6. The van der Waals surface area contributed by atoms with Gasteiger partial charge in [-0.15, -0.1) is 5.10 Å². The SMILES string of the molecule is COc1ccc(S(=O)(=O)N2CCN(c3ncnc4c3nnn4-c3cccc(F)c3)CC2)cc1C. The zero-order valence-electron chi connectivity index (χ0n) is 18.6. The van der Waals surface area contributed by atoms with Crippen molar-refractivity contribution in [2.75, 3.05) is 38.2 Å². The van der Waals surface area contributed by atoms with Gasteiger partial charge < -0.3 is 9.64 Å². The molecule has 10 nitrogen and oxygen atoms in total. The van der Waals surface area contributed by atoms with E-state index in [0.717, 1.165) is 5.56 Å². The first-order chi connectivity index (χ1) is 16.4. The largest absolute Gasteiger partial charge is 0.496 e. The van der Waals surface area contributed by atoms with Crippen molar-refractivity contribution in [2.45, 2.75) is 11.8 Å². The van der Waals surface area contributed by atoms with E-state index in [0.29, 0.717) is 41.5 Å². The summed E-state index contributed by atoms with van der Waals surface area (Å²) in [7, 11) is -2.09. The third-order valence-electron chi connectivity index (χ3n) is 5.81. The monoisotopic (exact) mass is 483 g/mol. The molecule has 1 fully saturated rings. The van der Waals surface area contributed by atoms with Crippen LogP contribution in [0, 0.1) is 12.7 Å². The fourth-order valence-electron chi connectivity index (χ4n) is 4.05. The lowest BCUT2D eigenvalue weighted by molar-refractivity contribution is 0.383. The number of anilines is 1. The maximum Gasteiger partial charge on any atom is 0.243 e. The van der Waals surface area contributed by atoms with Crippen LogP contribution < -0.4 is 9.64 Å². The molecule has 2 aromatic carbocycles. The van der Waals surface area contributed by atoms with E-state index in [-0.39, 0.29) is 23.8 Å². The number of benzene rings is 2. The number of hydrogen-bond acceptors (Lipinski definition) is 8. The number of aryl methyl sites for hydroxylation is 1. The molecule has 12 heteroatoms. The number of fused-ring (bicyclic) bond motifs is 1. The van der Waals surface area contributed by atoms with E-state index in [9.17, 15) is 12.8 Å². The third kappa shape index (κ3) is 3.84. The predicted octanol–water partition coefficient (Wildman–Crippen LogP) is 2.18. The normalized spacial score (nSPS) is 15.1. The zero-order valence-corrected chi connectivity index (χ0v) is 19.4. The van der Waals surface area contributed by atoms with Crippen LogP contribution in [0.5, 0.6) is 5.75 Å². The van der Waals surface area contributed by atoms with E-state index in [1.54, 1.807) is 37.4 Å². The van der Waals surface area contributed by atoms with E-state index in [4.69, 9.17) is 4.74 Å². The van der Waals surface area contributed by atoms with Gasteiger partial charge in [-0.1, -0.05) is 11.3 Å². The molecule has 0 radical (unpaired) electrons. The summed E-state index contributed by atoms with van der Waals surface area (Å²) in [5.41, 5.74) is 2.16. The summed E-state index contributed by atoms with van der Waals surface area (Å²) >= 11 is 0. The van der Waals surface area contributed by atoms with Crippen molar-refractivity contribution in [1.82, 2.24) is 29.3 Å². The van der Waals surface area contributed by atoms with Crippen LogP contribution >= 0.6 is 0 Å². The second kappa shape index (κ2) is 8.61. The topological polar surface area (TPSA) is 106 Å². The molecule has 1 saturated heterocycles. The van der Waals surface area contributed by atoms with Crippen molar-refractivity contribution in [1.29, 1.82) is 0 Å². The number of methoxy groups -OCH3 is 1. The number of nitrogens with zero attached hydrogens (tertiary/aromatic N) is 7. The molecule has 0 N–H and O–H groups in total. The lowest BCUT2D eigenvalue weighted by Gasteiger charge is -2.34. The van der Waals surface area contributed by atoms with Crippen molar-refractivity contribution < 1.29 is 17.5 Å². The fraction of sp³-hybridized carbons (Fsp3) is 0.273. The second-order valence-electron chi connectivity index (χ2n) is 7.87. The van der Waals surface area contributed by atoms with Crippen molar-refractivity contribution in [3.05, 3.63) is 60.2 Å². The first-order valence-corrected chi connectivity index (χ1v) is 12.0. The smallest absolute Gasteiger partial charge is 0.243 e. The zero-order chi connectivity index (χ0) is 23.9. The summed E-state index contributed by atoms with van der Waals surface area (Å²) in [6, 6.07) is 10.8. The number of ether oxygens (including phenoxy) is 1. The molecule has 5 rings (SSSR count). The second-order valence-corrected chi connectivity index (χ2v) is 9.81. The van der Waals surface area contributed by atoms with Crippen LogP contribution in [0.2, 0.25) is 0 Å². The van der Waals surface area contributed by atoms with Gasteiger partial charge in [0.1, 0.15) is 17.9 Å². The summed E-state index contributed by atoms with van der Waals surface area (Å²) in [5.74, 6) is 0.813. The molecule has 1 aliphatic rings. The highest BCUT2D eigenvalue weighted by atomic mass is 32.2. The van der Waals surface area contributed by atoms with Crippen molar-refractivity contribution in [2.24, 2.45) is 0 Å². The van der Waals surface area contributed by atoms with Gasteiger partial charge in [0.2, 0.25) is 10.0 Å². The molecular formula is C22H22FN7O3S. The maximum absolute atomic E-state index is 13.7. The minimum atomic E-state index is -3.64. The minimum Gasteiger partial charge on any atom is -0.496 e. The third-order valence-corrected chi connectivity index (χ3v) is 7.71. The van der Waals surface area contributed by atoms with E-state index < -0.39 is 10.0 Å². The molecular weight excluding hydrogens is 461 g/mol. The van der Waals surface area contributed by atoms with Crippen LogP contribution in [0.25, 0.3) is 16.9 Å². The molecule has 2 aromatic heterocycles. The molecule has 176 valence electrons. The van der Waals surface area contributed by atoms with Crippen molar-refractivity contribution >= 4 is 27.0 Å². The van der Waals surface area contributed by atoms with Gasteiger partial charge in [-0.05, 0) is 48.9 Å². The lowest BCUT2D eigenvalue weighted by atomic mass is 10.2. The summed E-state index contributed by atoms with van der Waals surface area (Å²) in [5, 5.41) is 8.35. The van der Waals surface area contributed by atoms with Gasteiger partial charge in [-0.3, -0.25) is 0 Å². The summed E-state index contributed by atoms with van der Waals surface area (Å²) in [6.45, 7) is 3.24. The minimum absolute atomic E-state index is 0.238. The standard InChI is InChI=1S/C22H22FN7O3S/c1-15-12-18(6-7-19(15)33-2)34(31,32)29-10-8-28(9-11-29)21-20-22(25-14-24-21)30(27-26-20)17-5-3-4-16(23)13-17/h3-7,12-14H,8-11H2,1-2H3. The molecule has 0 spiro atoms. The number of halogens is 1. The van der Waals surface area contributed by atoms with Gasteiger partial charge in [0.05, 0.1) is 17.7 Å². The van der Waals surface area contributed by atoms with E-state index >= 15 is 0 Å². The Balaban J connectivity index is 1.38. The number of rotatable bonds is 5. The summed E-state index contributed by atoms with van der Waals surface area (Å²) < 4.78 is 48.2. The predicted molar refractivity (Wildman–Crippen MR) is 123 cm³/mol. The number of sulfonamides is 1. The molecule has 0 amide bonds. The van der Waals surface area contributed by atoms with Crippen molar-refractivity contribution in [3.63, 3.8) is 0 Å². The molecule has 3 heterocycles. The first kappa shape index (κ1) is 22.2. The molecule has 4 aromatic rings. The van der Waals surface area contributed by atoms with Crippen LogP contribution in [0.3, 0.4) is 0 Å². The fourth-order valence-corrected chi connectivity index (χ4v) is 5.56. The van der Waals surface area contributed by atoms with E-state index in [2.05, 4.69) is 20.3 Å². The summed E-state index contributed by atoms with van der Waals surface area (Å²) in [4.78, 5) is 10.9. The highest BCUT2D eigenvalue weighted by Gasteiger charge is 2.30. The quantitative estimate of drug-likeness (QED) is 0.425. The average Bonchev–Trinajstić information content (AvgIpc) is 3.28. The van der Waals surface area contributed by atoms with Gasteiger partial charge in [-0.25, -0.2) is 22.8 Å². The Labute approximate surface area is 195 Å². The van der Waals surface area contributed by atoms with Crippen LogP contribution in [-0.2, 0) is 10.0 Å². The van der Waals surface area contributed by atoms with Gasteiger partial charge >= 0.3 is 0 Å². The Morgan fingerprint density at radius 2 is 1.82 bits per heavy atom. The van der Waals surface area contributed by atoms with Crippen LogP contribution in [0.1, 0.15) is 5.56 Å². The highest BCUT2D eigenvalue weighted by Crippen LogP contribution is 2.27. The Hall–Kier alpha value is -3.64. The van der Waals surface area contributed by atoms with Gasteiger partial charge in [-0.2, -0.15) is 8.99 Å². The molecule has 34 heavy (non-hydrogen) atoms. The van der Waals surface area contributed by atoms with Gasteiger partial charge in [0.15, 0.2) is 17.0 Å². The van der Waals surface area contributed by atoms with E-state index in [1.807, 2.05) is 11.8 Å². The van der Waals surface area contributed by atoms with Gasteiger partial charge in [0.25, 0.3) is 0 Å². The van der Waals surface area contributed by atoms with E-state index in [1.165, 1.54) is 27.4 Å². The van der Waals surface area contributed by atoms with Crippen LogP contribution in [-0.4, -0.2) is 71.0 Å². The maximum atomic E-state index is 13.7. The lowest BCUT2D eigenvalue weighted by Crippen LogP contribution is -2.49. The number of piperazine rings is 1. The Bertz CT molecular complexity index is 1470. The van der Waals surface area contributed by atoms with Crippen molar-refractivity contribution in [3.8, 4) is 11.4 Å². The Morgan fingerprint density at radius 3 is 2.53 bits per heavy atom. The molecule has 0 saturated carbocycles. The highest BCUT2D eigenvalue weighted by molar-refractivity contribution is 7.89. The van der Waals surface area contributed by atoms with Crippen LogP contribution in [0.4, 0.5) is 10.2 Å². The number of hydrogen-bond donors (Lipinski definition) is 0. The molecule has 0 bridgehead atoms. The molecule has 0 unspecified atom stereocenters. The number of aromatic nitrogens is 5. The average molecular weight is 484 g/mol. The Morgan fingerprint density at radius 1 is 1.03 bits per heavy atom. The Kier molecular flexibility index (Phi) is 5.62. The molecule has 0 atom stereocenters. The summed E-state index contributed by atoms with van der Waals surface area (Å²) in [6.07, 6.45) is 1.40. The molecule has 0 aliphatic carbocycles. The van der Waals surface area contributed by atoms with Gasteiger partial charge in [0, 0.05) is 26.2 Å².